The third kappa shape index (κ3) is 7.01. The van der Waals surface area contributed by atoms with E-state index in [0.29, 0.717) is 11.4 Å². The molecule has 0 spiro atoms. The fourth-order valence-corrected chi connectivity index (χ4v) is 2.15. The zero-order chi connectivity index (χ0) is 20.0. The Balaban J connectivity index is 1.88. The molecule has 0 aliphatic carbocycles. The molecule has 0 fully saturated rings. The highest BCUT2D eigenvalue weighted by atomic mass is 16.6. The van der Waals surface area contributed by atoms with Crippen molar-refractivity contribution >= 4 is 17.7 Å². The van der Waals surface area contributed by atoms with Gasteiger partial charge in [-0.15, -0.1) is 0 Å². The van der Waals surface area contributed by atoms with Crippen molar-refractivity contribution in [3.05, 3.63) is 54.1 Å². The van der Waals surface area contributed by atoms with Gasteiger partial charge < -0.3 is 20.1 Å². The summed E-state index contributed by atoms with van der Waals surface area (Å²) in [5.41, 5.74) is 1.15. The van der Waals surface area contributed by atoms with E-state index in [4.69, 9.17) is 9.47 Å². The Morgan fingerprint density at radius 1 is 0.926 bits per heavy atom. The number of hydrogen-bond acceptors (Lipinski definition) is 4. The van der Waals surface area contributed by atoms with E-state index in [-0.39, 0.29) is 5.91 Å². The first-order valence-corrected chi connectivity index (χ1v) is 8.77. The maximum absolute atomic E-state index is 12.2. The van der Waals surface area contributed by atoms with Gasteiger partial charge in [-0.25, -0.2) is 4.79 Å². The fourth-order valence-electron chi connectivity index (χ4n) is 2.15. The van der Waals surface area contributed by atoms with Crippen LogP contribution in [0, 0.1) is 6.92 Å². The Kier molecular flexibility index (Phi) is 6.45. The molecule has 0 radical (unpaired) electrons. The van der Waals surface area contributed by atoms with Gasteiger partial charge in [0.05, 0.1) is 0 Å². The SMILES string of the molecule is Cc1ccc(Oc2ccc(NC(=O)[C@@H](C)NC(=O)OC(C)(C)C)cc2)cc1. The second-order valence-electron chi connectivity index (χ2n) is 7.30. The van der Waals surface area contributed by atoms with Crippen LogP contribution < -0.4 is 15.4 Å². The Morgan fingerprint density at radius 3 is 1.96 bits per heavy atom. The van der Waals surface area contributed by atoms with Gasteiger partial charge in [0, 0.05) is 5.69 Å². The number of carbonyl (C=O) groups is 2. The molecule has 6 nitrogen and oxygen atoms in total. The number of aryl methyl sites for hydroxylation is 1. The van der Waals surface area contributed by atoms with Crippen molar-refractivity contribution in [2.24, 2.45) is 0 Å². The summed E-state index contributed by atoms with van der Waals surface area (Å²) >= 11 is 0. The molecule has 0 unspecified atom stereocenters. The smallest absolute Gasteiger partial charge is 0.408 e. The van der Waals surface area contributed by atoms with Gasteiger partial charge in [-0.1, -0.05) is 17.7 Å². The summed E-state index contributed by atoms with van der Waals surface area (Å²) in [6, 6.07) is 14.0. The van der Waals surface area contributed by atoms with Gasteiger partial charge in [0.25, 0.3) is 0 Å². The Morgan fingerprint density at radius 2 is 1.44 bits per heavy atom. The number of rotatable bonds is 5. The summed E-state index contributed by atoms with van der Waals surface area (Å²) in [5, 5.41) is 5.25. The van der Waals surface area contributed by atoms with E-state index >= 15 is 0 Å². The van der Waals surface area contributed by atoms with Crippen LogP contribution >= 0.6 is 0 Å². The molecule has 2 amide bonds. The number of hydrogen-bond donors (Lipinski definition) is 2. The number of benzene rings is 2. The van der Waals surface area contributed by atoms with Crippen molar-refractivity contribution in [2.75, 3.05) is 5.32 Å². The van der Waals surface area contributed by atoms with E-state index in [1.54, 1.807) is 52.0 Å². The second kappa shape index (κ2) is 8.58. The molecule has 144 valence electrons. The van der Waals surface area contributed by atoms with Crippen LogP contribution in [0.1, 0.15) is 33.3 Å². The third-order valence-corrected chi connectivity index (χ3v) is 3.51. The number of amides is 2. The second-order valence-corrected chi connectivity index (χ2v) is 7.30. The first-order valence-electron chi connectivity index (χ1n) is 8.77. The molecule has 27 heavy (non-hydrogen) atoms. The maximum Gasteiger partial charge on any atom is 0.408 e. The topological polar surface area (TPSA) is 76.7 Å². The molecule has 2 rings (SSSR count). The Bertz CT molecular complexity index is 777. The molecule has 0 aliphatic heterocycles. The van der Waals surface area contributed by atoms with Gasteiger partial charge in [-0.2, -0.15) is 0 Å². The first kappa shape index (κ1) is 20.3. The lowest BCUT2D eigenvalue weighted by Gasteiger charge is -2.21. The lowest BCUT2D eigenvalue weighted by molar-refractivity contribution is -0.117. The molecule has 2 aromatic rings. The number of alkyl carbamates (subject to hydrolysis) is 1. The molecule has 0 aliphatic rings. The minimum atomic E-state index is -0.733. The number of ether oxygens (including phenoxy) is 2. The third-order valence-electron chi connectivity index (χ3n) is 3.51. The molecule has 2 aromatic carbocycles. The zero-order valence-corrected chi connectivity index (χ0v) is 16.3. The van der Waals surface area contributed by atoms with E-state index in [0.717, 1.165) is 11.3 Å². The van der Waals surface area contributed by atoms with Crippen LogP contribution in [0.4, 0.5) is 10.5 Å². The van der Waals surface area contributed by atoms with Crippen molar-refractivity contribution in [1.82, 2.24) is 5.32 Å². The summed E-state index contributed by atoms with van der Waals surface area (Å²) in [6.45, 7) is 8.89. The van der Waals surface area contributed by atoms with Crippen molar-refractivity contribution in [3.63, 3.8) is 0 Å². The average molecular weight is 370 g/mol. The van der Waals surface area contributed by atoms with Crippen LogP contribution in [0.15, 0.2) is 48.5 Å². The van der Waals surface area contributed by atoms with Crippen molar-refractivity contribution in [3.8, 4) is 11.5 Å². The molecule has 0 saturated carbocycles. The molecule has 1 atom stereocenters. The number of carbonyl (C=O) groups excluding carboxylic acids is 2. The fraction of sp³-hybridized carbons (Fsp3) is 0.333. The predicted octanol–water partition coefficient (Wildman–Crippen LogP) is 4.64. The lowest BCUT2D eigenvalue weighted by Crippen LogP contribution is -2.43. The monoisotopic (exact) mass is 370 g/mol. The van der Waals surface area contributed by atoms with Gasteiger partial charge in [0.2, 0.25) is 5.91 Å². The van der Waals surface area contributed by atoms with Crippen molar-refractivity contribution in [2.45, 2.75) is 46.3 Å². The minimum absolute atomic E-state index is 0.340. The minimum Gasteiger partial charge on any atom is -0.457 e. The summed E-state index contributed by atoms with van der Waals surface area (Å²) in [7, 11) is 0. The average Bonchev–Trinajstić information content (AvgIpc) is 2.57. The maximum atomic E-state index is 12.2. The Hall–Kier alpha value is -3.02. The molecule has 2 N–H and O–H groups in total. The Labute approximate surface area is 159 Å². The standard InChI is InChI=1S/C21H26N2O4/c1-14-6-10-17(11-7-14)26-18-12-8-16(9-13-18)23-19(24)15(2)22-20(25)27-21(3,4)5/h6-13,15H,1-5H3,(H,22,25)(H,23,24)/t15-/m1/s1. The normalized spacial score (nSPS) is 12.0. The van der Waals surface area contributed by atoms with Crippen molar-refractivity contribution in [1.29, 1.82) is 0 Å². The van der Waals surface area contributed by atoms with E-state index in [9.17, 15) is 9.59 Å². The molecule has 0 saturated heterocycles. The highest BCUT2D eigenvalue weighted by molar-refractivity contribution is 5.96. The van der Waals surface area contributed by atoms with Crippen LogP contribution in [0.3, 0.4) is 0 Å². The molecular weight excluding hydrogens is 344 g/mol. The van der Waals surface area contributed by atoms with Crippen LogP contribution in [-0.2, 0) is 9.53 Å². The highest BCUT2D eigenvalue weighted by Crippen LogP contribution is 2.23. The first-order chi connectivity index (χ1) is 12.6. The highest BCUT2D eigenvalue weighted by Gasteiger charge is 2.21. The van der Waals surface area contributed by atoms with Gasteiger partial charge >= 0.3 is 6.09 Å². The van der Waals surface area contributed by atoms with E-state index in [1.165, 1.54) is 0 Å². The lowest BCUT2D eigenvalue weighted by atomic mass is 10.2. The summed E-state index contributed by atoms with van der Waals surface area (Å²) in [6.07, 6.45) is -0.632. The summed E-state index contributed by atoms with van der Waals surface area (Å²) < 4.78 is 10.9. The molecule has 0 aromatic heterocycles. The number of anilines is 1. The largest absolute Gasteiger partial charge is 0.457 e. The van der Waals surface area contributed by atoms with Crippen LogP contribution in [-0.4, -0.2) is 23.6 Å². The van der Waals surface area contributed by atoms with Gasteiger partial charge in [-0.3, -0.25) is 4.79 Å². The van der Waals surface area contributed by atoms with Crippen LogP contribution in [0.5, 0.6) is 11.5 Å². The van der Waals surface area contributed by atoms with Gasteiger partial charge in [0.1, 0.15) is 23.1 Å². The molecule has 6 heteroatoms. The van der Waals surface area contributed by atoms with Crippen molar-refractivity contribution < 1.29 is 19.1 Å². The van der Waals surface area contributed by atoms with E-state index in [1.807, 2.05) is 31.2 Å². The van der Waals surface area contributed by atoms with Gasteiger partial charge in [-0.05, 0) is 71.0 Å². The summed E-state index contributed by atoms with van der Waals surface area (Å²) in [5.74, 6) is 1.07. The molecular formula is C21H26N2O4. The quantitative estimate of drug-likeness (QED) is 0.804. The number of nitrogens with one attached hydrogen (secondary N) is 2. The molecule has 0 bridgehead atoms. The van der Waals surface area contributed by atoms with Gasteiger partial charge in [0.15, 0.2) is 0 Å². The molecule has 0 heterocycles. The zero-order valence-electron chi connectivity index (χ0n) is 16.3. The van der Waals surface area contributed by atoms with E-state index < -0.39 is 17.7 Å². The van der Waals surface area contributed by atoms with Crippen LogP contribution in [0.2, 0.25) is 0 Å². The van der Waals surface area contributed by atoms with E-state index in [2.05, 4.69) is 10.6 Å². The van der Waals surface area contributed by atoms with Crippen LogP contribution in [0.25, 0.3) is 0 Å². The predicted molar refractivity (Wildman–Crippen MR) is 105 cm³/mol. The summed E-state index contributed by atoms with van der Waals surface area (Å²) in [4.78, 5) is 23.9.